The van der Waals surface area contributed by atoms with Crippen LogP contribution in [0.3, 0.4) is 0 Å². The van der Waals surface area contributed by atoms with Gasteiger partial charge in [-0.1, -0.05) is 30.3 Å². The van der Waals surface area contributed by atoms with Gasteiger partial charge in [0.2, 0.25) is 0 Å². The van der Waals surface area contributed by atoms with Gasteiger partial charge in [0.1, 0.15) is 23.1 Å². The Morgan fingerprint density at radius 2 is 1.35 bits per heavy atom. The van der Waals surface area contributed by atoms with Gasteiger partial charge in [0.05, 0.1) is 12.0 Å². The van der Waals surface area contributed by atoms with E-state index in [9.17, 15) is 31.9 Å². The van der Waals surface area contributed by atoms with Crippen molar-refractivity contribution in [2.24, 2.45) is 0 Å². The van der Waals surface area contributed by atoms with Crippen LogP contribution in [0.15, 0.2) is 96.6 Å². The number of halogens is 5. The summed E-state index contributed by atoms with van der Waals surface area (Å²) in [5, 5.41) is 9.64. The highest BCUT2D eigenvalue weighted by molar-refractivity contribution is 6.08. The molecule has 202 valence electrons. The maximum Gasteiger partial charge on any atom is 0.416 e. The molecule has 8 heteroatoms. The first-order chi connectivity index (χ1) is 19.1. The minimum atomic E-state index is -4.48. The molecule has 1 aliphatic rings. The van der Waals surface area contributed by atoms with Crippen molar-refractivity contribution in [2.45, 2.75) is 19.0 Å². The van der Waals surface area contributed by atoms with E-state index in [-0.39, 0.29) is 18.7 Å². The molecule has 1 N–H and O–H groups in total. The molecule has 4 aromatic rings. The minimum absolute atomic E-state index is 0.280. The highest BCUT2D eigenvalue weighted by atomic mass is 19.4. The van der Waals surface area contributed by atoms with Crippen molar-refractivity contribution in [3.8, 4) is 11.5 Å². The summed E-state index contributed by atoms with van der Waals surface area (Å²) in [5.41, 5.74) is 3.22. The summed E-state index contributed by atoms with van der Waals surface area (Å²) >= 11 is 0. The fraction of sp³-hybridized carbons (Fsp3) is 0.0938. The monoisotopic (exact) mass is 548 g/mol. The number of hydrogen-bond acceptors (Lipinski definition) is 2. The molecule has 0 atom stereocenters. The largest absolute Gasteiger partial charge is 0.481 e. The lowest BCUT2D eigenvalue weighted by molar-refractivity contribution is -0.138. The number of aliphatic carboxylic acids is 1. The SMILES string of the molecule is O=C(O)CC1=C(Cc2ccc(Oc3ccc(F)cc3)cc2)/C(=C/c2ccc(C(F)(F)F)cc2)c2ccc(F)cc21. The van der Waals surface area contributed by atoms with Gasteiger partial charge in [-0.25, -0.2) is 8.78 Å². The van der Waals surface area contributed by atoms with Crippen LogP contribution < -0.4 is 4.74 Å². The lowest BCUT2D eigenvalue weighted by atomic mass is 9.94. The number of alkyl halides is 3. The number of rotatable bonds is 7. The Labute approximate surface area is 226 Å². The average molecular weight is 549 g/mol. The van der Waals surface area contributed by atoms with E-state index >= 15 is 0 Å². The number of allylic oxidation sites excluding steroid dienone is 2. The molecule has 3 nitrogen and oxygen atoms in total. The summed E-state index contributed by atoms with van der Waals surface area (Å²) in [7, 11) is 0. The number of carboxylic acid groups (broad SMARTS) is 1. The fourth-order valence-corrected chi connectivity index (χ4v) is 4.66. The highest BCUT2D eigenvalue weighted by Gasteiger charge is 2.31. The molecule has 0 aliphatic heterocycles. The third-order valence-electron chi connectivity index (χ3n) is 6.52. The topological polar surface area (TPSA) is 46.5 Å². The highest BCUT2D eigenvalue weighted by Crippen LogP contribution is 2.45. The first-order valence-electron chi connectivity index (χ1n) is 12.2. The number of hydrogen-bond donors (Lipinski definition) is 1. The van der Waals surface area contributed by atoms with Crippen molar-refractivity contribution in [1.29, 1.82) is 0 Å². The van der Waals surface area contributed by atoms with Crippen LogP contribution in [-0.2, 0) is 17.4 Å². The quantitative estimate of drug-likeness (QED) is 0.235. The number of benzene rings is 4. The summed E-state index contributed by atoms with van der Waals surface area (Å²) < 4.78 is 72.4. The average Bonchev–Trinajstić information content (AvgIpc) is 3.17. The maximum absolute atomic E-state index is 14.3. The smallest absolute Gasteiger partial charge is 0.416 e. The predicted molar refractivity (Wildman–Crippen MR) is 142 cm³/mol. The lowest BCUT2D eigenvalue weighted by Gasteiger charge is -2.12. The Balaban J connectivity index is 1.52. The fourth-order valence-electron chi connectivity index (χ4n) is 4.66. The molecule has 0 radical (unpaired) electrons. The molecular weight excluding hydrogens is 527 g/mol. The van der Waals surface area contributed by atoms with Gasteiger partial charge in [-0.3, -0.25) is 4.79 Å². The van der Waals surface area contributed by atoms with Crippen LogP contribution >= 0.6 is 0 Å². The van der Waals surface area contributed by atoms with Gasteiger partial charge in [-0.2, -0.15) is 13.2 Å². The first-order valence-corrected chi connectivity index (χ1v) is 12.2. The second kappa shape index (κ2) is 10.8. The third kappa shape index (κ3) is 5.96. The van der Waals surface area contributed by atoms with Gasteiger partial charge >= 0.3 is 12.1 Å². The van der Waals surface area contributed by atoms with Gasteiger partial charge in [-0.05, 0) is 112 Å². The molecule has 5 rings (SSSR count). The molecule has 0 saturated heterocycles. The molecule has 0 heterocycles. The standard InChI is InChI=1S/C32H21F5O3/c33-22-7-12-25(13-8-22)40-24-10-3-20(4-11-24)16-28-27(15-19-1-5-21(6-2-19)32(35,36)37)26-14-9-23(34)17-29(26)30(28)18-31(38)39/h1-15,17H,16,18H2,(H,38,39)/b27-15+. The molecule has 0 fully saturated rings. The Kier molecular flexibility index (Phi) is 7.26. The molecule has 0 unspecified atom stereocenters. The number of ether oxygens (including phenoxy) is 1. The molecule has 0 aromatic heterocycles. The number of carboxylic acids is 1. The van der Waals surface area contributed by atoms with E-state index in [4.69, 9.17) is 4.74 Å². The molecule has 0 saturated carbocycles. The summed E-state index contributed by atoms with van der Waals surface area (Å²) in [5.74, 6) is -1.05. The van der Waals surface area contributed by atoms with Crippen molar-refractivity contribution < 1.29 is 36.6 Å². The Hall–Kier alpha value is -4.72. The van der Waals surface area contributed by atoms with Crippen LogP contribution in [0.4, 0.5) is 22.0 Å². The molecule has 0 bridgehead atoms. The molecule has 1 aliphatic carbocycles. The van der Waals surface area contributed by atoms with E-state index < -0.39 is 23.5 Å². The van der Waals surface area contributed by atoms with Crippen molar-refractivity contribution in [3.05, 3.63) is 136 Å². The summed E-state index contributed by atoms with van der Waals surface area (Å²) in [6, 6.07) is 21.3. The van der Waals surface area contributed by atoms with Crippen molar-refractivity contribution in [1.82, 2.24) is 0 Å². The zero-order chi connectivity index (χ0) is 28.4. The number of carbonyl (C=O) groups is 1. The molecule has 4 aromatic carbocycles. The summed E-state index contributed by atoms with van der Waals surface area (Å²) in [4.78, 5) is 11.8. The van der Waals surface area contributed by atoms with E-state index in [0.29, 0.717) is 44.9 Å². The summed E-state index contributed by atoms with van der Waals surface area (Å²) in [6.45, 7) is 0. The maximum atomic E-state index is 14.3. The van der Waals surface area contributed by atoms with Crippen LogP contribution in [0.1, 0.15) is 34.2 Å². The van der Waals surface area contributed by atoms with Crippen LogP contribution in [0.2, 0.25) is 0 Å². The van der Waals surface area contributed by atoms with Crippen LogP contribution in [0.25, 0.3) is 17.2 Å². The third-order valence-corrected chi connectivity index (χ3v) is 6.52. The Bertz CT molecular complexity index is 1620. The van der Waals surface area contributed by atoms with Crippen molar-refractivity contribution in [2.75, 3.05) is 0 Å². The van der Waals surface area contributed by atoms with E-state index in [1.54, 1.807) is 36.4 Å². The first kappa shape index (κ1) is 26.9. The molecule has 0 spiro atoms. The predicted octanol–water partition coefficient (Wildman–Crippen LogP) is 8.80. The van der Waals surface area contributed by atoms with E-state index in [1.165, 1.54) is 48.5 Å². The van der Waals surface area contributed by atoms with Crippen LogP contribution in [0, 0.1) is 11.6 Å². The molecular formula is C32H21F5O3. The Morgan fingerprint density at radius 1 is 0.750 bits per heavy atom. The molecule has 0 amide bonds. The van der Waals surface area contributed by atoms with Crippen molar-refractivity contribution in [3.63, 3.8) is 0 Å². The zero-order valence-electron chi connectivity index (χ0n) is 20.8. The molecule has 40 heavy (non-hydrogen) atoms. The second-order valence-corrected chi connectivity index (χ2v) is 9.27. The second-order valence-electron chi connectivity index (χ2n) is 9.27. The van der Waals surface area contributed by atoms with E-state index in [1.807, 2.05) is 0 Å². The minimum Gasteiger partial charge on any atom is -0.481 e. The Morgan fingerprint density at radius 3 is 1.95 bits per heavy atom. The number of fused-ring (bicyclic) bond motifs is 1. The van der Waals surface area contributed by atoms with Gasteiger partial charge < -0.3 is 9.84 Å². The van der Waals surface area contributed by atoms with Gasteiger partial charge in [0.25, 0.3) is 0 Å². The van der Waals surface area contributed by atoms with Crippen molar-refractivity contribution >= 4 is 23.2 Å². The van der Waals surface area contributed by atoms with E-state index in [0.717, 1.165) is 17.7 Å². The normalized spacial score (nSPS) is 14.0. The van der Waals surface area contributed by atoms with Gasteiger partial charge in [0.15, 0.2) is 0 Å². The summed E-state index contributed by atoms with van der Waals surface area (Å²) in [6.07, 6.45) is -2.87. The zero-order valence-corrected chi connectivity index (χ0v) is 20.8. The van der Waals surface area contributed by atoms with Gasteiger partial charge in [-0.15, -0.1) is 0 Å². The van der Waals surface area contributed by atoms with E-state index in [2.05, 4.69) is 0 Å². The van der Waals surface area contributed by atoms with Crippen LogP contribution in [0.5, 0.6) is 11.5 Å². The lowest BCUT2D eigenvalue weighted by Crippen LogP contribution is -2.04. The van der Waals surface area contributed by atoms with Crippen LogP contribution in [-0.4, -0.2) is 11.1 Å². The van der Waals surface area contributed by atoms with Gasteiger partial charge in [0, 0.05) is 0 Å².